The van der Waals surface area contributed by atoms with Gasteiger partial charge in [-0.3, -0.25) is 4.90 Å². The molecule has 1 heterocycles. The first kappa shape index (κ1) is 14.7. The molecule has 20 heavy (non-hydrogen) atoms. The summed E-state index contributed by atoms with van der Waals surface area (Å²) in [5.41, 5.74) is -0.0333. The van der Waals surface area contributed by atoms with Gasteiger partial charge in [0.05, 0.1) is 5.69 Å². The molecule has 0 bridgehead atoms. The number of fused-ring (bicyclic) bond motifs is 1. The molecule has 2 rings (SSSR count). The molecule has 1 aliphatic rings. The average molecular weight is 277 g/mol. The van der Waals surface area contributed by atoms with Crippen LogP contribution in [0, 0.1) is 0 Å². The highest BCUT2D eigenvalue weighted by Crippen LogP contribution is 2.36. The van der Waals surface area contributed by atoms with Crippen molar-refractivity contribution in [1.82, 2.24) is 0 Å². The lowest BCUT2D eigenvalue weighted by molar-refractivity contribution is 0.0576. The van der Waals surface area contributed by atoms with Crippen LogP contribution in [-0.4, -0.2) is 23.8 Å². The van der Waals surface area contributed by atoms with Crippen LogP contribution in [0.15, 0.2) is 24.3 Å². The highest BCUT2D eigenvalue weighted by atomic mass is 16.6. The molecule has 0 spiro atoms. The van der Waals surface area contributed by atoms with E-state index in [1.807, 2.05) is 58.9 Å². The van der Waals surface area contributed by atoms with Gasteiger partial charge in [0.1, 0.15) is 17.0 Å². The maximum absolute atomic E-state index is 12.4. The third-order valence-electron chi connectivity index (χ3n) is 3.09. The van der Waals surface area contributed by atoms with Gasteiger partial charge in [-0.2, -0.15) is 0 Å². The summed E-state index contributed by atoms with van der Waals surface area (Å²) >= 11 is 0. The summed E-state index contributed by atoms with van der Waals surface area (Å²) in [5, 5.41) is 0. The van der Waals surface area contributed by atoms with Crippen LogP contribution in [0.25, 0.3) is 0 Å². The van der Waals surface area contributed by atoms with Crippen LogP contribution in [0.2, 0.25) is 0 Å². The van der Waals surface area contributed by atoms with E-state index in [4.69, 9.17) is 9.47 Å². The molecule has 0 atom stereocenters. The number of carbonyl (C=O) groups excluding carboxylic acids is 1. The first-order valence-corrected chi connectivity index (χ1v) is 6.96. The van der Waals surface area contributed by atoms with Gasteiger partial charge in [0.2, 0.25) is 0 Å². The molecule has 0 fully saturated rings. The number of benzene rings is 1. The molecule has 0 aliphatic carbocycles. The zero-order chi connectivity index (χ0) is 15.0. The van der Waals surface area contributed by atoms with Crippen molar-refractivity contribution in [2.75, 3.05) is 11.4 Å². The Bertz CT molecular complexity index is 503. The third kappa shape index (κ3) is 3.44. The highest BCUT2D eigenvalue weighted by Gasteiger charge is 2.32. The van der Waals surface area contributed by atoms with Crippen LogP contribution >= 0.6 is 0 Å². The number of anilines is 1. The fourth-order valence-electron chi connectivity index (χ4n) is 2.12. The fourth-order valence-corrected chi connectivity index (χ4v) is 2.12. The lowest BCUT2D eigenvalue weighted by atomic mass is 10.1. The summed E-state index contributed by atoms with van der Waals surface area (Å²) in [5.74, 6) is 0.723. The Balaban J connectivity index is 2.33. The number of amides is 1. The molecular weight excluding hydrogens is 254 g/mol. The van der Waals surface area contributed by atoms with Crippen LogP contribution in [0.4, 0.5) is 10.5 Å². The van der Waals surface area contributed by atoms with E-state index in [0.717, 1.165) is 17.9 Å². The Morgan fingerprint density at radius 3 is 2.60 bits per heavy atom. The number of nitrogens with zero attached hydrogens (tertiary/aromatic N) is 1. The number of para-hydroxylation sites is 2. The molecule has 1 amide bonds. The lowest BCUT2D eigenvalue weighted by Crippen LogP contribution is -2.38. The number of rotatable bonds is 0. The minimum absolute atomic E-state index is 0.299. The van der Waals surface area contributed by atoms with Gasteiger partial charge in [-0.25, -0.2) is 4.79 Å². The molecule has 0 unspecified atom stereocenters. The Labute approximate surface area is 120 Å². The Kier molecular flexibility index (Phi) is 3.67. The van der Waals surface area contributed by atoms with Crippen molar-refractivity contribution in [1.29, 1.82) is 0 Å². The quantitative estimate of drug-likeness (QED) is 0.719. The molecule has 1 aromatic rings. The van der Waals surface area contributed by atoms with Crippen LogP contribution < -0.4 is 9.64 Å². The molecule has 0 saturated heterocycles. The van der Waals surface area contributed by atoms with E-state index in [2.05, 4.69) is 0 Å². The maximum Gasteiger partial charge on any atom is 0.414 e. The van der Waals surface area contributed by atoms with Gasteiger partial charge in [0.15, 0.2) is 0 Å². The van der Waals surface area contributed by atoms with Crippen molar-refractivity contribution < 1.29 is 14.3 Å². The van der Waals surface area contributed by atoms with E-state index in [9.17, 15) is 4.79 Å². The summed E-state index contributed by atoms with van der Waals surface area (Å²) in [4.78, 5) is 14.1. The number of hydrogen-bond donors (Lipinski definition) is 0. The van der Waals surface area contributed by atoms with Crippen molar-refractivity contribution in [3.63, 3.8) is 0 Å². The van der Waals surface area contributed by atoms with Crippen molar-refractivity contribution >= 4 is 11.8 Å². The molecule has 0 aromatic heterocycles. The Morgan fingerprint density at radius 1 is 1.30 bits per heavy atom. The predicted octanol–water partition coefficient (Wildman–Crippen LogP) is 3.99. The number of ether oxygens (including phenoxy) is 2. The summed E-state index contributed by atoms with van der Waals surface area (Å²) < 4.78 is 11.5. The van der Waals surface area contributed by atoms with Crippen molar-refractivity contribution in [3.8, 4) is 5.75 Å². The first-order chi connectivity index (χ1) is 9.18. The van der Waals surface area contributed by atoms with Gasteiger partial charge in [0.25, 0.3) is 0 Å². The topological polar surface area (TPSA) is 38.8 Å². The first-order valence-electron chi connectivity index (χ1n) is 6.96. The molecule has 0 radical (unpaired) electrons. The molecule has 1 aliphatic heterocycles. The fraction of sp³-hybridized carbons (Fsp3) is 0.562. The Morgan fingerprint density at radius 2 is 1.95 bits per heavy atom. The highest BCUT2D eigenvalue weighted by molar-refractivity contribution is 5.90. The predicted molar refractivity (Wildman–Crippen MR) is 79.3 cm³/mol. The van der Waals surface area contributed by atoms with E-state index in [0.29, 0.717) is 6.54 Å². The summed E-state index contributed by atoms with van der Waals surface area (Å²) in [6.45, 7) is 10.3. The summed E-state index contributed by atoms with van der Waals surface area (Å²) in [6.07, 6.45) is 0.423. The van der Waals surface area contributed by atoms with Crippen molar-refractivity contribution in [2.45, 2.75) is 52.2 Å². The molecule has 4 nitrogen and oxygen atoms in total. The second-order valence-electron chi connectivity index (χ2n) is 6.71. The molecule has 110 valence electrons. The monoisotopic (exact) mass is 277 g/mol. The second kappa shape index (κ2) is 5.00. The van der Waals surface area contributed by atoms with E-state index in [1.54, 1.807) is 4.90 Å². The second-order valence-corrected chi connectivity index (χ2v) is 6.71. The van der Waals surface area contributed by atoms with E-state index in [1.165, 1.54) is 0 Å². The van der Waals surface area contributed by atoms with Crippen molar-refractivity contribution in [2.24, 2.45) is 0 Å². The SMILES string of the molecule is CC(C)(C)OC(=O)N1CCC(C)(C)Oc2ccccc21. The number of carbonyl (C=O) groups is 1. The van der Waals surface area contributed by atoms with E-state index < -0.39 is 5.60 Å². The summed E-state index contributed by atoms with van der Waals surface area (Å²) in [7, 11) is 0. The smallest absolute Gasteiger partial charge is 0.414 e. The zero-order valence-corrected chi connectivity index (χ0v) is 12.9. The van der Waals surface area contributed by atoms with E-state index >= 15 is 0 Å². The molecule has 1 aromatic carbocycles. The standard InChI is InChI=1S/C16H23NO3/c1-15(2,3)20-14(18)17-11-10-16(4,5)19-13-9-7-6-8-12(13)17/h6-9H,10-11H2,1-5H3. The third-order valence-corrected chi connectivity index (χ3v) is 3.09. The van der Waals surface area contributed by atoms with Crippen LogP contribution in [0.1, 0.15) is 41.0 Å². The largest absolute Gasteiger partial charge is 0.486 e. The van der Waals surface area contributed by atoms with E-state index in [-0.39, 0.29) is 11.7 Å². The van der Waals surface area contributed by atoms with Gasteiger partial charge in [-0.1, -0.05) is 12.1 Å². The maximum atomic E-state index is 12.4. The van der Waals surface area contributed by atoms with Gasteiger partial charge >= 0.3 is 6.09 Å². The zero-order valence-electron chi connectivity index (χ0n) is 12.9. The molecule has 4 heteroatoms. The van der Waals surface area contributed by atoms with Gasteiger partial charge in [-0.05, 0) is 46.8 Å². The minimum Gasteiger partial charge on any atom is -0.486 e. The molecule has 0 N–H and O–H groups in total. The molecule has 0 saturated carbocycles. The normalized spacial score (nSPS) is 17.8. The minimum atomic E-state index is -0.505. The van der Waals surface area contributed by atoms with Gasteiger partial charge in [0, 0.05) is 13.0 Å². The van der Waals surface area contributed by atoms with Crippen LogP contribution in [0.3, 0.4) is 0 Å². The lowest BCUT2D eigenvalue weighted by Gasteiger charge is -2.26. The Hall–Kier alpha value is -1.71. The van der Waals surface area contributed by atoms with Crippen LogP contribution in [-0.2, 0) is 4.74 Å². The van der Waals surface area contributed by atoms with Crippen LogP contribution in [0.5, 0.6) is 5.75 Å². The number of hydrogen-bond acceptors (Lipinski definition) is 3. The summed E-state index contributed by atoms with van der Waals surface area (Å²) in [6, 6.07) is 7.59. The van der Waals surface area contributed by atoms with Gasteiger partial charge in [-0.15, -0.1) is 0 Å². The van der Waals surface area contributed by atoms with Gasteiger partial charge < -0.3 is 9.47 Å². The average Bonchev–Trinajstić information content (AvgIpc) is 2.41. The van der Waals surface area contributed by atoms with Crippen molar-refractivity contribution in [3.05, 3.63) is 24.3 Å². The molecular formula is C16H23NO3.